The molecule has 0 fully saturated rings. The van der Waals surface area contributed by atoms with Crippen LogP contribution in [0, 0.1) is 6.92 Å². The zero-order valence-corrected chi connectivity index (χ0v) is 17.5. The molecule has 2 N–H and O–H groups in total. The summed E-state index contributed by atoms with van der Waals surface area (Å²) in [5, 5.41) is 15.8. The first-order chi connectivity index (χ1) is 13.0. The van der Waals surface area contributed by atoms with Crippen molar-refractivity contribution >= 4 is 54.8 Å². The van der Waals surface area contributed by atoms with Crippen molar-refractivity contribution in [2.45, 2.75) is 6.92 Å². The Morgan fingerprint density at radius 3 is 2.63 bits per heavy atom. The van der Waals surface area contributed by atoms with E-state index in [4.69, 9.17) is 4.74 Å². The molecule has 7 heteroatoms. The highest BCUT2D eigenvalue weighted by molar-refractivity contribution is 9.11. The number of fused-ring (bicyclic) bond motifs is 1. The van der Waals surface area contributed by atoms with Crippen LogP contribution in [0.15, 0.2) is 62.6 Å². The molecule has 1 amide bonds. The van der Waals surface area contributed by atoms with Crippen LogP contribution >= 0.6 is 31.9 Å². The fraction of sp³-hybridized carbons (Fsp3) is 0.100. The monoisotopic (exact) mass is 490 g/mol. The molecule has 0 saturated carbocycles. The summed E-state index contributed by atoms with van der Waals surface area (Å²) < 4.78 is 7.06. The highest BCUT2D eigenvalue weighted by Gasteiger charge is 2.10. The SMILES string of the molecule is Cc1cc(Br)c(OCC(=O)NN=Cc2c(O)ccc3ccccc23)c(Br)c1. The molecule has 5 nitrogen and oxygen atoms in total. The van der Waals surface area contributed by atoms with E-state index >= 15 is 0 Å². The first kappa shape index (κ1) is 19.4. The number of carbonyl (C=O) groups excluding carboxylic acids is 1. The molecule has 3 aromatic carbocycles. The molecular formula is C20H16Br2N2O3. The van der Waals surface area contributed by atoms with E-state index in [9.17, 15) is 9.90 Å². The number of hydrogen-bond acceptors (Lipinski definition) is 4. The van der Waals surface area contributed by atoms with Crippen LogP contribution in [0.3, 0.4) is 0 Å². The molecule has 0 radical (unpaired) electrons. The number of rotatable bonds is 5. The van der Waals surface area contributed by atoms with E-state index in [1.54, 1.807) is 6.07 Å². The minimum atomic E-state index is -0.412. The van der Waals surface area contributed by atoms with E-state index in [0.717, 1.165) is 25.3 Å². The van der Waals surface area contributed by atoms with Crippen molar-refractivity contribution in [1.82, 2.24) is 5.43 Å². The largest absolute Gasteiger partial charge is 0.507 e. The standard InChI is InChI=1S/C20H16Br2N2O3/c1-12-8-16(21)20(17(22)9-12)27-11-19(26)24-23-10-15-14-5-3-2-4-13(14)6-7-18(15)25/h2-10,25H,11H2,1H3,(H,24,26). The van der Waals surface area contributed by atoms with Gasteiger partial charge in [-0.2, -0.15) is 5.10 Å². The van der Waals surface area contributed by atoms with Crippen LogP contribution in [0.1, 0.15) is 11.1 Å². The van der Waals surface area contributed by atoms with E-state index in [1.165, 1.54) is 6.21 Å². The van der Waals surface area contributed by atoms with Crippen LogP contribution in [-0.2, 0) is 4.79 Å². The van der Waals surface area contributed by atoms with Gasteiger partial charge in [-0.15, -0.1) is 0 Å². The number of hydrogen-bond donors (Lipinski definition) is 2. The summed E-state index contributed by atoms with van der Waals surface area (Å²) >= 11 is 6.84. The Labute approximate surface area is 173 Å². The zero-order valence-electron chi connectivity index (χ0n) is 14.4. The van der Waals surface area contributed by atoms with Crippen LogP contribution in [-0.4, -0.2) is 23.8 Å². The highest BCUT2D eigenvalue weighted by atomic mass is 79.9. The summed E-state index contributed by atoms with van der Waals surface area (Å²) in [6.45, 7) is 1.77. The van der Waals surface area contributed by atoms with Gasteiger partial charge in [-0.05, 0) is 73.3 Å². The lowest BCUT2D eigenvalue weighted by Crippen LogP contribution is -2.24. The van der Waals surface area contributed by atoms with Crippen molar-refractivity contribution in [3.8, 4) is 11.5 Å². The Morgan fingerprint density at radius 2 is 1.89 bits per heavy atom. The van der Waals surface area contributed by atoms with E-state index in [2.05, 4.69) is 42.4 Å². The molecule has 0 spiro atoms. The third kappa shape index (κ3) is 4.67. The zero-order chi connectivity index (χ0) is 19.4. The van der Waals surface area contributed by atoms with Crippen molar-refractivity contribution in [1.29, 1.82) is 0 Å². The smallest absolute Gasteiger partial charge is 0.277 e. The number of carbonyl (C=O) groups is 1. The predicted octanol–water partition coefficient (Wildman–Crippen LogP) is 4.91. The summed E-state index contributed by atoms with van der Waals surface area (Å²) in [6.07, 6.45) is 1.42. The second-order valence-corrected chi connectivity index (χ2v) is 7.57. The first-order valence-corrected chi connectivity index (χ1v) is 9.65. The molecule has 0 heterocycles. The van der Waals surface area contributed by atoms with Gasteiger partial charge in [0.1, 0.15) is 11.5 Å². The molecule has 0 aliphatic rings. The van der Waals surface area contributed by atoms with Gasteiger partial charge in [-0.3, -0.25) is 4.79 Å². The van der Waals surface area contributed by atoms with Crippen molar-refractivity contribution < 1.29 is 14.6 Å². The number of ether oxygens (including phenoxy) is 1. The molecule has 138 valence electrons. The number of nitrogens with one attached hydrogen (secondary N) is 1. The van der Waals surface area contributed by atoms with Gasteiger partial charge < -0.3 is 9.84 Å². The Morgan fingerprint density at radius 1 is 1.19 bits per heavy atom. The maximum atomic E-state index is 12.0. The average Bonchev–Trinajstić information content (AvgIpc) is 2.62. The Hall–Kier alpha value is -2.38. The van der Waals surface area contributed by atoms with E-state index in [0.29, 0.717) is 11.3 Å². The quantitative estimate of drug-likeness (QED) is 0.393. The van der Waals surface area contributed by atoms with E-state index in [-0.39, 0.29) is 12.4 Å². The number of benzene rings is 3. The number of phenols is 1. The summed E-state index contributed by atoms with van der Waals surface area (Å²) in [5.41, 5.74) is 4.01. The fourth-order valence-electron chi connectivity index (χ4n) is 2.58. The average molecular weight is 492 g/mol. The maximum Gasteiger partial charge on any atom is 0.277 e. The van der Waals surface area contributed by atoms with Gasteiger partial charge in [0.2, 0.25) is 0 Å². The predicted molar refractivity (Wildman–Crippen MR) is 113 cm³/mol. The normalized spacial score (nSPS) is 11.1. The van der Waals surface area contributed by atoms with E-state index in [1.807, 2.05) is 49.4 Å². The molecule has 0 aliphatic carbocycles. The van der Waals surface area contributed by atoms with E-state index < -0.39 is 5.91 Å². The summed E-state index contributed by atoms with van der Waals surface area (Å²) in [4.78, 5) is 12.0. The Kier molecular flexibility index (Phi) is 6.13. The second kappa shape index (κ2) is 8.54. The van der Waals surface area contributed by atoms with Crippen LogP contribution in [0.2, 0.25) is 0 Å². The molecule has 0 aliphatic heterocycles. The van der Waals surface area contributed by atoms with Crippen molar-refractivity contribution in [3.05, 3.63) is 68.6 Å². The van der Waals surface area contributed by atoms with Crippen LogP contribution in [0.25, 0.3) is 10.8 Å². The number of halogens is 2. The number of amides is 1. The lowest BCUT2D eigenvalue weighted by Gasteiger charge is -2.10. The molecule has 0 aromatic heterocycles. The number of nitrogens with zero attached hydrogens (tertiary/aromatic N) is 1. The van der Waals surface area contributed by atoms with Gasteiger partial charge in [0.15, 0.2) is 6.61 Å². The lowest BCUT2D eigenvalue weighted by molar-refractivity contribution is -0.123. The third-order valence-corrected chi connectivity index (χ3v) is 5.00. The minimum absolute atomic E-state index is 0.0930. The van der Waals surface area contributed by atoms with Gasteiger partial charge in [-0.25, -0.2) is 5.43 Å². The molecule has 0 unspecified atom stereocenters. The molecule has 3 aromatic rings. The van der Waals surface area contributed by atoms with Crippen molar-refractivity contribution in [2.24, 2.45) is 5.10 Å². The summed E-state index contributed by atoms with van der Waals surface area (Å²) in [5.74, 6) is 0.229. The molecule has 0 atom stereocenters. The van der Waals surface area contributed by atoms with Gasteiger partial charge in [0.25, 0.3) is 5.91 Å². The van der Waals surface area contributed by atoms with Crippen LogP contribution in [0.4, 0.5) is 0 Å². The Bertz CT molecular complexity index is 1010. The van der Waals surface area contributed by atoms with Crippen LogP contribution in [0.5, 0.6) is 11.5 Å². The lowest BCUT2D eigenvalue weighted by atomic mass is 10.0. The topological polar surface area (TPSA) is 70.9 Å². The van der Waals surface area contributed by atoms with Gasteiger partial charge in [0.05, 0.1) is 15.2 Å². The molecule has 0 saturated heterocycles. The third-order valence-electron chi connectivity index (χ3n) is 3.82. The second-order valence-electron chi connectivity index (χ2n) is 5.86. The summed E-state index contributed by atoms with van der Waals surface area (Å²) in [6, 6.07) is 14.8. The molecular weight excluding hydrogens is 476 g/mol. The molecule has 27 heavy (non-hydrogen) atoms. The number of phenolic OH excluding ortho intramolecular Hbond substituents is 1. The van der Waals surface area contributed by atoms with Crippen molar-refractivity contribution in [3.63, 3.8) is 0 Å². The number of hydrazone groups is 1. The fourth-order valence-corrected chi connectivity index (χ4v) is 4.23. The summed E-state index contributed by atoms with van der Waals surface area (Å²) in [7, 11) is 0. The van der Waals surface area contributed by atoms with Gasteiger partial charge in [0, 0.05) is 5.56 Å². The van der Waals surface area contributed by atoms with Gasteiger partial charge >= 0.3 is 0 Å². The Balaban J connectivity index is 1.66. The van der Waals surface area contributed by atoms with Crippen molar-refractivity contribution in [2.75, 3.05) is 6.61 Å². The van der Waals surface area contributed by atoms with Crippen LogP contribution < -0.4 is 10.2 Å². The maximum absolute atomic E-state index is 12.0. The highest BCUT2D eigenvalue weighted by Crippen LogP contribution is 2.34. The number of aromatic hydroxyl groups is 1. The van der Waals surface area contributed by atoms with Gasteiger partial charge in [-0.1, -0.05) is 30.3 Å². The number of aryl methyl sites for hydroxylation is 1. The molecule has 3 rings (SSSR count). The molecule has 0 bridgehead atoms. The minimum Gasteiger partial charge on any atom is -0.507 e. The first-order valence-electron chi connectivity index (χ1n) is 8.07.